The van der Waals surface area contributed by atoms with Crippen LogP contribution in [0.2, 0.25) is 15.8 Å². The molecule has 0 heterocycles. The van der Waals surface area contributed by atoms with Crippen molar-refractivity contribution in [3.63, 3.8) is 0 Å². The summed E-state index contributed by atoms with van der Waals surface area (Å²) in [7, 11) is 0. The lowest BCUT2D eigenvalue weighted by atomic mass is 10.1. The van der Waals surface area contributed by atoms with Crippen LogP contribution in [-0.4, -0.2) is 30.0 Å². The monoisotopic (exact) mass is 410 g/mol. The third kappa shape index (κ3) is 23.2. The van der Waals surface area contributed by atoms with Gasteiger partial charge >= 0.3 is 30.0 Å². The van der Waals surface area contributed by atoms with E-state index in [1.807, 2.05) is 0 Å². The molecule has 0 saturated heterocycles. The fourth-order valence-corrected chi connectivity index (χ4v) is 9.44. The molecule has 0 N–H and O–H groups in total. The van der Waals surface area contributed by atoms with Crippen LogP contribution in [0.5, 0.6) is 0 Å². The smallest absolute Gasteiger partial charge is 0.430 e. The van der Waals surface area contributed by atoms with Crippen LogP contribution in [-0.2, 0) is 2.84 Å². The van der Waals surface area contributed by atoms with E-state index < -0.39 is 14.5 Å². The molecule has 0 aliphatic rings. The fraction of sp³-hybridized carbons (Fsp3) is 1.00. The lowest BCUT2D eigenvalue weighted by Crippen LogP contribution is -2.20. The Balaban J connectivity index is 3.86. The van der Waals surface area contributed by atoms with Crippen molar-refractivity contribution in [3.05, 3.63) is 0 Å². The Morgan fingerprint density at radius 2 is 0.963 bits per heavy atom. The summed E-state index contributed by atoms with van der Waals surface area (Å²) in [6.07, 6.45) is 17.2. The molecule has 1 nitrogen and oxygen atoms in total. The summed E-state index contributed by atoms with van der Waals surface area (Å²) in [6.45, 7) is 14.1. The molecule has 0 aromatic heterocycles. The molecule has 0 aromatic rings. The van der Waals surface area contributed by atoms with E-state index in [-0.39, 0.29) is 15.6 Å². The molecule has 0 rings (SSSR count). The second kappa shape index (κ2) is 20.3. The van der Waals surface area contributed by atoms with E-state index in [0.717, 1.165) is 17.8 Å². The Hall–Kier alpha value is 1.02. The minimum absolute atomic E-state index is 0.226. The Kier molecular flexibility index (Phi) is 21.1. The quantitative estimate of drug-likeness (QED) is 0.145. The van der Waals surface area contributed by atoms with Crippen LogP contribution in [0.1, 0.15) is 119 Å². The van der Waals surface area contributed by atoms with Crippen molar-refractivity contribution in [1.29, 1.82) is 0 Å². The van der Waals surface area contributed by atoms with E-state index in [0.29, 0.717) is 0 Å². The third-order valence-corrected chi connectivity index (χ3v) is 11.4. The topological polar surface area (TPSA) is 9.23 Å². The molecule has 27 heavy (non-hydrogen) atoms. The maximum atomic E-state index is 6.60. The first-order valence-electron chi connectivity index (χ1n) is 12.5. The van der Waals surface area contributed by atoms with Gasteiger partial charge in [0.25, 0.3) is 0 Å². The zero-order chi connectivity index (χ0) is 20.3. The van der Waals surface area contributed by atoms with Crippen molar-refractivity contribution in [1.82, 2.24) is 0 Å². The van der Waals surface area contributed by atoms with Crippen LogP contribution >= 0.6 is 0 Å². The van der Waals surface area contributed by atoms with Gasteiger partial charge in [0.2, 0.25) is 0 Å². The highest BCUT2D eigenvalue weighted by atomic mass is 27.3. The van der Waals surface area contributed by atoms with E-state index in [1.165, 1.54) is 92.9 Å². The van der Waals surface area contributed by atoms with Crippen LogP contribution in [0.4, 0.5) is 0 Å². The van der Waals surface area contributed by atoms with E-state index in [1.54, 1.807) is 0 Å². The summed E-state index contributed by atoms with van der Waals surface area (Å²) < 4.78 is 6.60. The SMILES string of the molecule is CC(C)CCCC[CH2][AlH][O][Al]([CH2]CCCCC(C)C)[CH2]CCCCC(C)C. The van der Waals surface area contributed by atoms with Gasteiger partial charge in [-0.3, -0.25) is 0 Å². The van der Waals surface area contributed by atoms with Crippen molar-refractivity contribution in [2.75, 3.05) is 0 Å². The standard InChI is InChI=1S/3C8H17.2Al.O.H/c3*1-4-5-6-7-8(2)3;;;;/h3*8H,1,4-7H2,2-3H3;;;;. The summed E-state index contributed by atoms with van der Waals surface area (Å²) in [5.74, 6) is 2.62. The Morgan fingerprint density at radius 1 is 0.556 bits per heavy atom. The van der Waals surface area contributed by atoms with E-state index in [4.69, 9.17) is 2.84 Å². The van der Waals surface area contributed by atoms with Crippen molar-refractivity contribution < 1.29 is 2.84 Å². The van der Waals surface area contributed by atoms with Crippen molar-refractivity contribution >= 4 is 30.0 Å². The van der Waals surface area contributed by atoms with Crippen LogP contribution in [0.15, 0.2) is 0 Å². The molecule has 0 radical (unpaired) electrons. The minimum atomic E-state index is -0.882. The third-order valence-electron chi connectivity index (χ3n) is 5.64. The highest BCUT2D eigenvalue weighted by Gasteiger charge is 2.19. The average Bonchev–Trinajstić information content (AvgIpc) is 2.58. The maximum Gasteiger partial charge on any atom is 0.430 e. The summed E-state index contributed by atoms with van der Waals surface area (Å²) >= 11 is -1.11. The van der Waals surface area contributed by atoms with Gasteiger partial charge in [-0.2, -0.15) is 0 Å². The van der Waals surface area contributed by atoms with Crippen molar-refractivity contribution in [2.24, 2.45) is 17.8 Å². The second-order valence-electron chi connectivity index (χ2n) is 10.2. The molecule has 0 aliphatic carbocycles. The first kappa shape index (κ1) is 28.0. The second-order valence-corrected chi connectivity index (χ2v) is 15.0. The van der Waals surface area contributed by atoms with Gasteiger partial charge in [0.15, 0.2) is 0 Å². The predicted molar refractivity (Wildman–Crippen MR) is 128 cm³/mol. The van der Waals surface area contributed by atoms with Gasteiger partial charge in [-0.05, 0) is 17.8 Å². The van der Waals surface area contributed by atoms with Gasteiger partial charge in [0.1, 0.15) is 0 Å². The van der Waals surface area contributed by atoms with Gasteiger partial charge < -0.3 is 2.84 Å². The molecule has 0 bridgehead atoms. The first-order valence-corrected chi connectivity index (χ1v) is 16.2. The molecule has 0 unspecified atom stereocenters. The number of hydrogen-bond donors (Lipinski definition) is 0. The minimum Gasteiger partial charge on any atom is -0.639 e. The van der Waals surface area contributed by atoms with E-state index in [9.17, 15) is 0 Å². The fourth-order valence-electron chi connectivity index (χ4n) is 3.77. The van der Waals surface area contributed by atoms with Crippen LogP contribution in [0.3, 0.4) is 0 Å². The van der Waals surface area contributed by atoms with E-state index >= 15 is 0 Å². The molecular weight excluding hydrogens is 358 g/mol. The number of hydrogen-bond acceptors (Lipinski definition) is 1. The van der Waals surface area contributed by atoms with Crippen LogP contribution < -0.4 is 0 Å². The predicted octanol–water partition coefficient (Wildman–Crippen LogP) is 8.41. The summed E-state index contributed by atoms with van der Waals surface area (Å²) in [6, 6.07) is 0. The summed E-state index contributed by atoms with van der Waals surface area (Å²) in [5, 5.41) is 4.35. The summed E-state index contributed by atoms with van der Waals surface area (Å²) in [4.78, 5) is 0. The number of rotatable bonds is 20. The largest absolute Gasteiger partial charge is 0.639 e. The molecule has 0 fully saturated rings. The Morgan fingerprint density at radius 3 is 1.37 bits per heavy atom. The van der Waals surface area contributed by atoms with Crippen LogP contribution in [0.25, 0.3) is 0 Å². The van der Waals surface area contributed by atoms with Crippen molar-refractivity contribution in [3.8, 4) is 0 Å². The Bertz CT molecular complexity index is 274. The van der Waals surface area contributed by atoms with E-state index in [2.05, 4.69) is 41.5 Å². The molecule has 0 aliphatic heterocycles. The van der Waals surface area contributed by atoms with Gasteiger partial charge in [0, 0.05) is 0 Å². The van der Waals surface area contributed by atoms with Crippen molar-refractivity contribution in [2.45, 2.75) is 134 Å². The lowest BCUT2D eigenvalue weighted by Gasteiger charge is -2.14. The molecule has 0 saturated carbocycles. The molecular formula is C24H52Al2O. The highest BCUT2D eigenvalue weighted by molar-refractivity contribution is 6.58. The summed E-state index contributed by atoms with van der Waals surface area (Å²) in [5.41, 5.74) is 0. The zero-order valence-electron chi connectivity index (χ0n) is 20.0. The molecule has 0 spiro atoms. The zero-order valence-corrected chi connectivity index (χ0v) is 22.6. The lowest BCUT2D eigenvalue weighted by molar-refractivity contribution is 0.516. The molecule has 3 heteroatoms. The Labute approximate surface area is 184 Å². The highest BCUT2D eigenvalue weighted by Crippen LogP contribution is 2.17. The first-order chi connectivity index (χ1) is 12.9. The van der Waals surface area contributed by atoms with Crippen LogP contribution in [0, 0.1) is 17.8 Å². The molecule has 160 valence electrons. The van der Waals surface area contributed by atoms with Gasteiger partial charge in [-0.25, -0.2) is 0 Å². The maximum absolute atomic E-state index is 6.60. The molecule has 0 atom stereocenters. The normalized spacial score (nSPS) is 11.7. The van der Waals surface area contributed by atoms with Gasteiger partial charge in [-0.15, -0.1) is 0 Å². The molecule has 0 aromatic carbocycles. The van der Waals surface area contributed by atoms with Gasteiger partial charge in [0.05, 0.1) is 0 Å². The molecule has 0 amide bonds. The van der Waals surface area contributed by atoms with Gasteiger partial charge in [-0.1, -0.05) is 134 Å². The average molecular weight is 411 g/mol. The number of unbranched alkanes of at least 4 members (excludes halogenated alkanes) is 6.